The molecule has 1 N–H and O–H groups in total. The van der Waals surface area contributed by atoms with Crippen LogP contribution in [0.3, 0.4) is 0 Å². The first-order chi connectivity index (χ1) is 7.85. The van der Waals surface area contributed by atoms with Gasteiger partial charge in [0.15, 0.2) is 0 Å². The number of rotatable bonds is 3. The topological polar surface area (TPSA) is 53.6 Å². The standard InChI is InChI=1S/C12H12N4/c1-14-12-10(4-2-6-15-12)9-16-7-3-5-11(16)8-13/h2-7H,9H2,1H3,(H,14,15). The van der Waals surface area contributed by atoms with E-state index < -0.39 is 0 Å². The minimum atomic E-state index is 0.653. The summed E-state index contributed by atoms with van der Waals surface area (Å²) >= 11 is 0. The van der Waals surface area contributed by atoms with Crippen LogP contribution in [0.5, 0.6) is 0 Å². The van der Waals surface area contributed by atoms with Gasteiger partial charge >= 0.3 is 0 Å². The third-order valence-corrected chi connectivity index (χ3v) is 2.41. The van der Waals surface area contributed by atoms with Crippen LogP contribution in [-0.2, 0) is 6.54 Å². The average Bonchev–Trinajstić information content (AvgIpc) is 2.77. The number of hydrogen-bond donors (Lipinski definition) is 1. The van der Waals surface area contributed by atoms with Crippen LogP contribution in [0.15, 0.2) is 36.7 Å². The van der Waals surface area contributed by atoms with Crippen molar-refractivity contribution in [1.29, 1.82) is 5.26 Å². The summed E-state index contributed by atoms with van der Waals surface area (Å²) in [5.41, 5.74) is 1.73. The van der Waals surface area contributed by atoms with Gasteiger partial charge in [0.25, 0.3) is 0 Å². The quantitative estimate of drug-likeness (QED) is 0.844. The van der Waals surface area contributed by atoms with Gasteiger partial charge in [-0.1, -0.05) is 6.07 Å². The van der Waals surface area contributed by atoms with E-state index in [1.165, 1.54) is 0 Å². The van der Waals surface area contributed by atoms with Crippen LogP contribution in [-0.4, -0.2) is 16.6 Å². The summed E-state index contributed by atoms with van der Waals surface area (Å²) in [6.07, 6.45) is 3.64. The van der Waals surface area contributed by atoms with Crippen LogP contribution < -0.4 is 5.32 Å². The normalized spacial score (nSPS) is 9.75. The van der Waals surface area contributed by atoms with Crippen molar-refractivity contribution in [3.63, 3.8) is 0 Å². The molecule has 0 aliphatic carbocycles. The largest absolute Gasteiger partial charge is 0.373 e. The number of hydrogen-bond acceptors (Lipinski definition) is 3. The summed E-state index contributed by atoms with van der Waals surface area (Å²) in [6, 6.07) is 9.72. The zero-order valence-electron chi connectivity index (χ0n) is 9.01. The monoisotopic (exact) mass is 212 g/mol. The molecule has 0 aliphatic rings. The van der Waals surface area contributed by atoms with Crippen LogP contribution in [0.1, 0.15) is 11.3 Å². The molecule has 0 aromatic carbocycles. The van der Waals surface area contributed by atoms with Crippen molar-refractivity contribution < 1.29 is 0 Å². The van der Waals surface area contributed by atoms with E-state index in [2.05, 4.69) is 16.4 Å². The Hall–Kier alpha value is -2.28. The Bertz CT molecular complexity index is 522. The number of nitrogens with one attached hydrogen (secondary N) is 1. The molecule has 4 heteroatoms. The minimum Gasteiger partial charge on any atom is -0.373 e. The summed E-state index contributed by atoms with van der Waals surface area (Å²) in [5.74, 6) is 0.847. The summed E-state index contributed by atoms with van der Waals surface area (Å²) < 4.78 is 1.90. The van der Waals surface area contributed by atoms with Gasteiger partial charge in [-0.2, -0.15) is 5.26 Å². The van der Waals surface area contributed by atoms with Gasteiger partial charge in [0, 0.05) is 25.0 Å². The lowest BCUT2D eigenvalue weighted by Gasteiger charge is -2.09. The predicted molar refractivity (Wildman–Crippen MR) is 62.0 cm³/mol. The van der Waals surface area contributed by atoms with Gasteiger partial charge in [-0.25, -0.2) is 4.98 Å². The fourth-order valence-electron chi connectivity index (χ4n) is 1.63. The number of pyridine rings is 1. The molecule has 0 saturated heterocycles. The van der Waals surface area contributed by atoms with E-state index in [1.807, 2.05) is 36.0 Å². The Labute approximate surface area is 94.2 Å². The summed E-state index contributed by atoms with van der Waals surface area (Å²) in [7, 11) is 1.84. The zero-order chi connectivity index (χ0) is 11.4. The molecule has 0 bridgehead atoms. The van der Waals surface area contributed by atoms with Crippen molar-refractivity contribution in [3.05, 3.63) is 47.9 Å². The van der Waals surface area contributed by atoms with Crippen LogP contribution in [0.25, 0.3) is 0 Å². The number of anilines is 1. The SMILES string of the molecule is CNc1ncccc1Cn1cccc1C#N. The smallest absolute Gasteiger partial charge is 0.130 e. The van der Waals surface area contributed by atoms with Crippen molar-refractivity contribution in [2.45, 2.75) is 6.54 Å². The molecule has 2 aromatic rings. The molecule has 0 amide bonds. The van der Waals surface area contributed by atoms with Crippen LogP contribution in [0, 0.1) is 11.3 Å². The highest BCUT2D eigenvalue weighted by atomic mass is 15.0. The van der Waals surface area contributed by atoms with Gasteiger partial charge in [0.05, 0.1) is 6.54 Å². The second kappa shape index (κ2) is 4.49. The molecule has 0 radical (unpaired) electrons. The first-order valence-corrected chi connectivity index (χ1v) is 5.02. The molecule has 0 fully saturated rings. The van der Waals surface area contributed by atoms with E-state index in [1.54, 1.807) is 12.3 Å². The van der Waals surface area contributed by atoms with Crippen molar-refractivity contribution in [2.24, 2.45) is 0 Å². The van der Waals surface area contributed by atoms with Crippen LogP contribution >= 0.6 is 0 Å². The first-order valence-electron chi connectivity index (χ1n) is 5.02. The maximum Gasteiger partial charge on any atom is 0.130 e. The molecular weight excluding hydrogens is 200 g/mol. The van der Waals surface area contributed by atoms with E-state index in [4.69, 9.17) is 5.26 Å². The van der Waals surface area contributed by atoms with E-state index in [-0.39, 0.29) is 0 Å². The Kier molecular flexibility index (Phi) is 2.88. The Morgan fingerprint density at radius 2 is 2.31 bits per heavy atom. The highest BCUT2D eigenvalue weighted by Gasteiger charge is 2.04. The Morgan fingerprint density at radius 3 is 3.06 bits per heavy atom. The molecule has 16 heavy (non-hydrogen) atoms. The first kappa shape index (κ1) is 10.2. The highest BCUT2D eigenvalue weighted by Crippen LogP contribution is 2.13. The average molecular weight is 212 g/mol. The molecule has 0 saturated carbocycles. The van der Waals surface area contributed by atoms with E-state index in [0.29, 0.717) is 12.2 Å². The van der Waals surface area contributed by atoms with Crippen molar-refractivity contribution >= 4 is 5.82 Å². The van der Waals surface area contributed by atoms with Crippen molar-refractivity contribution in [1.82, 2.24) is 9.55 Å². The van der Waals surface area contributed by atoms with E-state index in [9.17, 15) is 0 Å². The lowest BCUT2D eigenvalue weighted by Crippen LogP contribution is -2.05. The Morgan fingerprint density at radius 1 is 1.44 bits per heavy atom. The number of nitriles is 1. The molecule has 2 aromatic heterocycles. The lowest BCUT2D eigenvalue weighted by atomic mass is 10.2. The zero-order valence-corrected chi connectivity index (χ0v) is 9.01. The van der Waals surface area contributed by atoms with Crippen LogP contribution in [0.4, 0.5) is 5.82 Å². The predicted octanol–water partition coefficient (Wildman–Crippen LogP) is 1.84. The molecule has 4 nitrogen and oxygen atoms in total. The molecule has 2 rings (SSSR count). The molecule has 0 unspecified atom stereocenters. The summed E-state index contributed by atoms with van der Waals surface area (Å²) in [6.45, 7) is 0.653. The molecule has 0 atom stereocenters. The van der Waals surface area contributed by atoms with E-state index >= 15 is 0 Å². The second-order valence-electron chi connectivity index (χ2n) is 3.39. The summed E-state index contributed by atoms with van der Waals surface area (Å²) in [4.78, 5) is 4.23. The van der Waals surface area contributed by atoms with Crippen molar-refractivity contribution in [2.75, 3.05) is 12.4 Å². The van der Waals surface area contributed by atoms with Gasteiger partial charge in [-0.15, -0.1) is 0 Å². The third kappa shape index (κ3) is 1.89. The van der Waals surface area contributed by atoms with Gasteiger partial charge in [-0.3, -0.25) is 0 Å². The fraction of sp³-hybridized carbons (Fsp3) is 0.167. The maximum absolute atomic E-state index is 8.91. The molecule has 0 spiro atoms. The minimum absolute atomic E-state index is 0.653. The van der Waals surface area contributed by atoms with Gasteiger partial charge in [-0.05, 0) is 18.2 Å². The molecular formula is C12H12N4. The highest BCUT2D eigenvalue weighted by molar-refractivity contribution is 5.43. The van der Waals surface area contributed by atoms with Gasteiger partial charge < -0.3 is 9.88 Å². The van der Waals surface area contributed by atoms with Crippen molar-refractivity contribution in [3.8, 4) is 6.07 Å². The van der Waals surface area contributed by atoms with E-state index in [0.717, 1.165) is 11.4 Å². The Balaban J connectivity index is 2.31. The number of aromatic nitrogens is 2. The van der Waals surface area contributed by atoms with Gasteiger partial charge in [0.1, 0.15) is 17.6 Å². The summed E-state index contributed by atoms with van der Waals surface area (Å²) in [5, 5.41) is 11.9. The third-order valence-electron chi connectivity index (χ3n) is 2.41. The number of nitrogens with zero attached hydrogens (tertiary/aromatic N) is 3. The molecule has 0 aliphatic heterocycles. The molecule has 2 heterocycles. The van der Waals surface area contributed by atoms with Crippen LogP contribution in [0.2, 0.25) is 0 Å². The lowest BCUT2D eigenvalue weighted by molar-refractivity contribution is 0.791. The second-order valence-corrected chi connectivity index (χ2v) is 3.39. The van der Waals surface area contributed by atoms with Gasteiger partial charge in [0.2, 0.25) is 0 Å². The maximum atomic E-state index is 8.91. The fourth-order valence-corrected chi connectivity index (χ4v) is 1.63. The molecule has 80 valence electrons.